The van der Waals surface area contributed by atoms with E-state index in [1.165, 1.54) is 11.1 Å². The number of aliphatic hydroxyl groups excluding tert-OH is 1. The second-order valence-electron chi connectivity index (χ2n) is 5.98. The average molecular weight is 310 g/mol. The zero-order valence-electron chi connectivity index (χ0n) is 13.1. The van der Waals surface area contributed by atoms with Crippen LogP contribution in [-0.4, -0.2) is 41.7 Å². The van der Waals surface area contributed by atoms with Crippen molar-refractivity contribution in [2.75, 3.05) is 19.6 Å². The minimum atomic E-state index is -0.562. The molecule has 3 rings (SSSR count). The monoisotopic (exact) mass is 310 g/mol. The molecule has 1 atom stereocenters. The van der Waals surface area contributed by atoms with Crippen LogP contribution >= 0.6 is 0 Å². The minimum Gasteiger partial charge on any atom is -0.390 e. The average Bonchev–Trinajstić information content (AvgIpc) is 2.60. The van der Waals surface area contributed by atoms with Crippen molar-refractivity contribution in [3.05, 3.63) is 71.3 Å². The van der Waals surface area contributed by atoms with Gasteiger partial charge in [-0.15, -0.1) is 0 Å². The van der Waals surface area contributed by atoms with Gasteiger partial charge in [0.25, 0.3) is 5.91 Å². The number of β-amino-alcohol motifs (C(OH)–C–C–N with tert-alkyl or cyclic N) is 1. The van der Waals surface area contributed by atoms with E-state index in [1.807, 2.05) is 18.2 Å². The van der Waals surface area contributed by atoms with E-state index in [-0.39, 0.29) is 12.5 Å². The van der Waals surface area contributed by atoms with Gasteiger partial charge in [0.1, 0.15) is 0 Å². The van der Waals surface area contributed by atoms with Crippen LogP contribution in [0.25, 0.3) is 0 Å². The van der Waals surface area contributed by atoms with Crippen LogP contribution in [0.5, 0.6) is 0 Å². The Morgan fingerprint density at radius 1 is 1.09 bits per heavy atom. The molecule has 0 unspecified atom stereocenters. The first-order chi connectivity index (χ1) is 11.2. The fourth-order valence-corrected chi connectivity index (χ4v) is 2.97. The van der Waals surface area contributed by atoms with Gasteiger partial charge >= 0.3 is 0 Å². The zero-order chi connectivity index (χ0) is 16.1. The highest BCUT2D eigenvalue weighted by molar-refractivity contribution is 5.94. The van der Waals surface area contributed by atoms with Gasteiger partial charge in [0.2, 0.25) is 0 Å². The Morgan fingerprint density at radius 3 is 2.57 bits per heavy atom. The molecule has 0 spiro atoms. The van der Waals surface area contributed by atoms with E-state index in [0.29, 0.717) is 12.1 Å². The Hall–Kier alpha value is -2.17. The van der Waals surface area contributed by atoms with Crippen LogP contribution in [0.4, 0.5) is 0 Å². The fraction of sp³-hybridized carbons (Fsp3) is 0.316. The van der Waals surface area contributed by atoms with Crippen LogP contribution in [0, 0.1) is 0 Å². The maximum atomic E-state index is 12.0. The number of fused-ring (bicyclic) bond motifs is 1. The summed E-state index contributed by atoms with van der Waals surface area (Å²) in [6, 6.07) is 17.5. The van der Waals surface area contributed by atoms with Crippen molar-refractivity contribution in [2.45, 2.75) is 19.1 Å². The molecule has 1 aliphatic rings. The second kappa shape index (κ2) is 7.40. The third-order valence-electron chi connectivity index (χ3n) is 4.21. The van der Waals surface area contributed by atoms with Gasteiger partial charge in [-0.3, -0.25) is 9.69 Å². The van der Waals surface area contributed by atoms with E-state index in [9.17, 15) is 9.90 Å². The summed E-state index contributed by atoms with van der Waals surface area (Å²) in [5.74, 6) is -0.145. The summed E-state index contributed by atoms with van der Waals surface area (Å²) in [5, 5.41) is 13.0. The standard InChI is InChI=1S/C19H22N2O2/c22-18(12-20-19(23)16-7-2-1-3-8-16)14-21-11-10-15-6-4-5-9-17(15)13-21/h1-9,18,22H,10-14H2,(H,20,23)/t18-/m1/s1. The number of rotatable bonds is 5. The first-order valence-electron chi connectivity index (χ1n) is 8.03. The van der Waals surface area contributed by atoms with Gasteiger partial charge in [-0.05, 0) is 29.7 Å². The van der Waals surface area contributed by atoms with Crippen molar-refractivity contribution in [2.24, 2.45) is 0 Å². The van der Waals surface area contributed by atoms with Gasteiger partial charge in [0.05, 0.1) is 6.10 Å². The molecule has 0 radical (unpaired) electrons. The lowest BCUT2D eigenvalue weighted by Gasteiger charge is -2.30. The van der Waals surface area contributed by atoms with E-state index in [2.05, 4.69) is 34.5 Å². The fourth-order valence-electron chi connectivity index (χ4n) is 2.97. The lowest BCUT2D eigenvalue weighted by molar-refractivity contribution is 0.0842. The molecule has 0 saturated heterocycles. The van der Waals surface area contributed by atoms with Gasteiger partial charge < -0.3 is 10.4 Å². The topological polar surface area (TPSA) is 52.6 Å². The smallest absolute Gasteiger partial charge is 0.251 e. The maximum absolute atomic E-state index is 12.0. The van der Waals surface area contributed by atoms with E-state index < -0.39 is 6.10 Å². The van der Waals surface area contributed by atoms with E-state index >= 15 is 0 Å². The highest BCUT2D eigenvalue weighted by atomic mass is 16.3. The molecule has 1 amide bonds. The van der Waals surface area contributed by atoms with Crippen molar-refractivity contribution >= 4 is 5.91 Å². The number of carbonyl (C=O) groups is 1. The third kappa shape index (κ3) is 4.18. The summed E-state index contributed by atoms with van der Waals surface area (Å²) in [6.45, 7) is 2.65. The molecule has 120 valence electrons. The SMILES string of the molecule is O=C(NC[C@@H](O)CN1CCc2ccccc2C1)c1ccccc1. The third-order valence-corrected chi connectivity index (χ3v) is 4.21. The molecule has 2 aromatic carbocycles. The van der Waals surface area contributed by atoms with Crippen LogP contribution in [0.3, 0.4) is 0 Å². The summed E-state index contributed by atoms with van der Waals surface area (Å²) in [5.41, 5.74) is 3.35. The number of nitrogens with one attached hydrogen (secondary N) is 1. The molecule has 2 aromatic rings. The van der Waals surface area contributed by atoms with Crippen molar-refractivity contribution in [3.63, 3.8) is 0 Å². The normalized spacial score (nSPS) is 15.7. The molecule has 0 bridgehead atoms. The molecule has 0 aromatic heterocycles. The molecule has 0 saturated carbocycles. The number of hydrogen-bond acceptors (Lipinski definition) is 3. The molecule has 1 aliphatic heterocycles. The van der Waals surface area contributed by atoms with Gasteiger partial charge in [0.15, 0.2) is 0 Å². The van der Waals surface area contributed by atoms with E-state index in [0.717, 1.165) is 19.5 Å². The van der Waals surface area contributed by atoms with E-state index in [1.54, 1.807) is 12.1 Å². The molecular weight excluding hydrogens is 288 g/mol. The van der Waals surface area contributed by atoms with Gasteiger partial charge in [-0.2, -0.15) is 0 Å². The molecule has 4 nitrogen and oxygen atoms in total. The van der Waals surface area contributed by atoms with Crippen LogP contribution in [-0.2, 0) is 13.0 Å². The number of nitrogens with zero attached hydrogens (tertiary/aromatic N) is 1. The maximum Gasteiger partial charge on any atom is 0.251 e. The zero-order valence-corrected chi connectivity index (χ0v) is 13.1. The summed E-state index contributed by atoms with van der Waals surface area (Å²) in [6.07, 6.45) is 0.451. The Balaban J connectivity index is 1.47. The highest BCUT2D eigenvalue weighted by Gasteiger charge is 2.18. The van der Waals surface area contributed by atoms with E-state index in [4.69, 9.17) is 0 Å². The van der Waals surface area contributed by atoms with Crippen LogP contribution < -0.4 is 5.32 Å². The Kier molecular flexibility index (Phi) is 5.05. The lowest BCUT2D eigenvalue weighted by Crippen LogP contribution is -2.42. The predicted molar refractivity (Wildman–Crippen MR) is 90.2 cm³/mol. The van der Waals surface area contributed by atoms with Crippen molar-refractivity contribution < 1.29 is 9.90 Å². The number of benzene rings is 2. The minimum absolute atomic E-state index is 0.145. The molecule has 2 N–H and O–H groups in total. The summed E-state index contributed by atoms with van der Waals surface area (Å²) in [7, 11) is 0. The van der Waals surface area contributed by atoms with Gasteiger partial charge in [-0.1, -0.05) is 42.5 Å². The Labute approximate surface area is 136 Å². The Bertz CT molecular complexity index is 657. The molecular formula is C19H22N2O2. The van der Waals surface area contributed by atoms with Gasteiger partial charge in [0, 0.05) is 31.7 Å². The summed E-state index contributed by atoms with van der Waals surface area (Å²) in [4.78, 5) is 14.2. The Morgan fingerprint density at radius 2 is 1.78 bits per heavy atom. The lowest BCUT2D eigenvalue weighted by atomic mass is 10.00. The van der Waals surface area contributed by atoms with Crippen molar-refractivity contribution in [1.82, 2.24) is 10.2 Å². The highest BCUT2D eigenvalue weighted by Crippen LogP contribution is 2.18. The molecule has 23 heavy (non-hydrogen) atoms. The first kappa shape index (κ1) is 15.7. The summed E-state index contributed by atoms with van der Waals surface area (Å²) >= 11 is 0. The molecule has 0 aliphatic carbocycles. The largest absolute Gasteiger partial charge is 0.390 e. The number of carbonyl (C=O) groups excluding carboxylic acids is 1. The second-order valence-corrected chi connectivity index (χ2v) is 5.98. The van der Waals surface area contributed by atoms with Crippen LogP contribution in [0.1, 0.15) is 21.5 Å². The van der Waals surface area contributed by atoms with Crippen LogP contribution in [0.15, 0.2) is 54.6 Å². The first-order valence-corrected chi connectivity index (χ1v) is 8.03. The summed E-state index contributed by atoms with van der Waals surface area (Å²) < 4.78 is 0. The molecule has 4 heteroatoms. The number of amides is 1. The van der Waals surface area contributed by atoms with Crippen molar-refractivity contribution in [3.8, 4) is 0 Å². The van der Waals surface area contributed by atoms with Gasteiger partial charge in [-0.25, -0.2) is 0 Å². The predicted octanol–water partition coefficient (Wildman–Crippen LogP) is 1.84. The molecule has 0 fully saturated rings. The van der Waals surface area contributed by atoms with Crippen LogP contribution in [0.2, 0.25) is 0 Å². The number of hydrogen-bond donors (Lipinski definition) is 2. The number of aliphatic hydroxyl groups is 1. The molecule has 1 heterocycles. The quantitative estimate of drug-likeness (QED) is 0.886. The van der Waals surface area contributed by atoms with Crippen molar-refractivity contribution in [1.29, 1.82) is 0 Å².